The summed E-state index contributed by atoms with van der Waals surface area (Å²) in [5, 5.41) is 3.07. The molecule has 0 saturated heterocycles. The number of unbranched alkanes of at least 4 members (excludes halogenated alkanes) is 3. The Morgan fingerprint density at radius 3 is 2.60 bits per heavy atom. The van der Waals surface area contributed by atoms with Crippen molar-refractivity contribution >= 4 is 11.6 Å². The summed E-state index contributed by atoms with van der Waals surface area (Å²) >= 11 is 0. The number of nitrogens with one attached hydrogen (secondary N) is 1. The van der Waals surface area contributed by atoms with Gasteiger partial charge in [0.1, 0.15) is 5.69 Å². The largest absolute Gasteiger partial charge is 0.397 e. The molecule has 0 fully saturated rings. The van der Waals surface area contributed by atoms with Crippen LogP contribution in [-0.4, -0.2) is 16.5 Å². The average molecular weight is 279 g/mol. The van der Waals surface area contributed by atoms with Gasteiger partial charge in [0.05, 0.1) is 5.69 Å². The van der Waals surface area contributed by atoms with Gasteiger partial charge in [-0.3, -0.25) is 4.79 Å². The van der Waals surface area contributed by atoms with Gasteiger partial charge >= 0.3 is 0 Å². The van der Waals surface area contributed by atoms with Crippen LogP contribution in [0.5, 0.6) is 0 Å². The van der Waals surface area contributed by atoms with Gasteiger partial charge in [0, 0.05) is 18.3 Å². The van der Waals surface area contributed by atoms with Crippen molar-refractivity contribution in [3.63, 3.8) is 0 Å². The topological polar surface area (TPSA) is 60.1 Å². The predicted octanol–water partition coefficient (Wildman–Crippen LogP) is 3.74. The van der Waals surface area contributed by atoms with Crippen LogP contribution in [0.2, 0.25) is 0 Å². The van der Waals surface area contributed by atoms with E-state index in [1.54, 1.807) is 6.07 Å². The van der Waals surface area contributed by atoms with E-state index in [9.17, 15) is 4.79 Å². The van der Waals surface area contributed by atoms with Crippen LogP contribution in [0.25, 0.3) is 0 Å². The highest BCUT2D eigenvalue weighted by Crippen LogP contribution is 2.16. The quantitative estimate of drug-likeness (QED) is 0.712. The van der Waals surface area contributed by atoms with Crippen molar-refractivity contribution in [3.05, 3.63) is 18.0 Å². The minimum Gasteiger partial charge on any atom is -0.397 e. The van der Waals surface area contributed by atoms with E-state index in [1.807, 2.05) is 24.6 Å². The number of hydrogen-bond acceptors (Lipinski definition) is 2. The molecule has 4 heteroatoms. The monoisotopic (exact) mass is 279 g/mol. The molecular weight excluding hydrogens is 250 g/mol. The minimum absolute atomic E-state index is 0.0293. The van der Waals surface area contributed by atoms with E-state index < -0.39 is 0 Å². The third kappa shape index (κ3) is 4.91. The van der Waals surface area contributed by atoms with Crippen LogP contribution in [-0.2, 0) is 0 Å². The van der Waals surface area contributed by atoms with Crippen molar-refractivity contribution in [2.75, 3.05) is 5.73 Å². The molecule has 114 valence electrons. The van der Waals surface area contributed by atoms with Crippen LogP contribution in [0.3, 0.4) is 0 Å². The lowest BCUT2D eigenvalue weighted by Gasteiger charge is -2.16. The molecule has 1 aromatic heterocycles. The maximum atomic E-state index is 12.3. The molecule has 1 amide bonds. The maximum absolute atomic E-state index is 12.3. The van der Waals surface area contributed by atoms with E-state index >= 15 is 0 Å². The third-order valence-corrected chi connectivity index (χ3v) is 3.53. The predicted molar refractivity (Wildman–Crippen MR) is 84.9 cm³/mol. The number of nitrogens with two attached hydrogens (primary N) is 1. The molecule has 0 bridgehead atoms. The first-order chi connectivity index (χ1) is 9.45. The molecule has 3 N–H and O–H groups in total. The number of nitrogens with zero attached hydrogens (tertiary/aromatic N) is 1. The molecule has 4 nitrogen and oxygen atoms in total. The summed E-state index contributed by atoms with van der Waals surface area (Å²) in [4.78, 5) is 12.3. The molecule has 0 aliphatic rings. The number of aromatic nitrogens is 1. The molecule has 0 aliphatic carbocycles. The fraction of sp³-hybridized carbons (Fsp3) is 0.688. The fourth-order valence-corrected chi connectivity index (χ4v) is 2.36. The molecule has 0 aromatic carbocycles. The molecular formula is C16H29N3O. The number of nitrogen functional groups attached to an aromatic ring is 1. The van der Waals surface area contributed by atoms with Gasteiger partial charge < -0.3 is 15.6 Å². The summed E-state index contributed by atoms with van der Waals surface area (Å²) in [7, 11) is 0. The Kier molecular flexibility index (Phi) is 6.62. The summed E-state index contributed by atoms with van der Waals surface area (Å²) in [5.74, 6) is -0.0293. The highest BCUT2D eigenvalue weighted by atomic mass is 16.2. The third-order valence-electron chi connectivity index (χ3n) is 3.53. The van der Waals surface area contributed by atoms with Gasteiger partial charge in [-0.25, -0.2) is 0 Å². The van der Waals surface area contributed by atoms with Gasteiger partial charge in [-0.15, -0.1) is 0 Å². The Bertz CT molecular complexity index is 423. The van der Waals surface area contributed by atoms with Crippen LogP contribution >= 0.6 is 0 Å². The Labute approximate surface area is 122 Å². The van der Waals surface area contributed by atoms with Crippen LogP contribution in [0.15, 0.2) is 12.3 Å². The second kappa shape index (κ2) is 7.98. The van der Waals surface area contributed by atoms with E-state index in [0.717, 1.165) is 6.42 Å². The van der Waals surface area contributed by atoms with Crippen molar-refractivity contribution in [1.29, 1.82) is 0 Å². The second-order valence-corrected chi connectivity index (χ2v) is 5.88. The zero-order valence-corrected chi connectivity index (χ0v) is 13.3. The first kappa shape index (κ1) is 16.6. The van der Waals surface area contributed by atoms with Crippen molar-refractivity contribution in [2.45, 2.75) is 71.9 Å². The van der Waals surface area contributed by atoms with Crippen molar-refractivity contribution in [3.8, 4) is 0 Å². The maximum Gasteiger partial charge on any atom is 0.268 e. The first-order valence-corrected chi connectivity index (χ1v) is 7.73. The molecule has 1 rings (SSSR count). The van der Waals surface area contributed by atoms with Crippen LogP contribution in [0.1, 0.15) is 76.3 Å². The van der Waals surface area contributed by atoms with E-state index in [4.69, 9.17) is 5.73 Å². The molecule has 1 heterocycles. The summed E-state index contributed by atoms with van der Waals surface area (Å²) in [5.41, 5.74) is 7.09. The van der Waals surface area contributed by atoms with Crippen LogP contribution in [0, 0.1) is 0 Å². The SMILES string of the molecule is CCCCCCC(C)NC(=O)c1cc(N)cn1C(C)C. The molecule has 0 spiro atoms. The number of carbonyl (C=O) groups is 1. The first-order valence-electron chi connectivity index (χ1n) is 7.73. The van der Waals surface area contributed by atoms with E-state index in [0.29, 0.717) is 11.4 Å². The Balaban J connectivity index is 2.53. The fourth-order valence-electron chi connectivity index (χ4n) is 2.36. The lowest BCUT2D eigenvalue weighted by atomic mass is 10.1. The summed E-state index contributed by atoms with van der Waals surface area (Å²) in [6.07, 6.45) is 7.78. The normalized spacial score (nSPS) is 12.7. The van der Waals surface area contributed by atoms with Crippen LogP contribution in [0.4, 0.5) is 5.69 Å². The number of hydrogen-bond donors (Lipinski definition) is 2. The van der Waals surface area contributed by atoms with Gasteiger partial charge in [-0.2, -0.15) is 0 Å². The number of carbonyl (C=O) groups excluding carboxylic acids is 1. The zero-order valence-electron chi connectivity index (χ0n) is 13.3. The highest BCUT2D eigenvalue weighted by Gasteiger charge is 2.16. The van der Waals surface area contributed by atoms with Gasteiger partial charge in [-0.1, -0.05) is 32.6 Å². The summed E-state index contributed by atoms with van der Waals surface area (Å²) in [6, 6.07) is 2.18. The van der Waals surface area contributed by atoms with Gasteiger partial charge in [-0.05, 0) is 33.3 Å². The number of rotatable bonds is 8. The number of amides is 1. The van der Waals surface area contributed by atoms with E-state index in [1.165, 1.54) is 25.7 Å². The van der Waals surface area contributed by atoms with Gasteiger partial charge in [0.25, 0.3) is 5.91 Å². The van der Waals surface area contributed by atoms with Crippen molar-refractivity contribution in [1.82, 2.24) is 9.88 Å². The van der Waals surface area contributed by atoms with Crippen molar-refractivity contribution < 1.29 is 4.79 Å². The molecule has 1 atom stereocenters. The van der Waals surface area contributed by atoms with Crippen molar-refractivity contribution in [2.24, 2.45) is 0 Å². The minimum atomic E-state index is -0.0293. The summed E-state index contributed by atoms with van der Waals surface area (Å²) < 4.78 is 1.93. The molecule has 0 aliphatic heterocycles. The Morgan fingerprint density at radius 1 is 1.30 bits per heavy atom. The average Bonchev–Trinajstić information content (AvgIpc) is 2.77. The highest BCUT2D eigenvalue weighted by molar-refractivity contribution is 5.94. The Morgan fingerprint density at radius 2 is 2.00 bits per heavy atom. The van der Waals surface area contributed by atoms with Crippen LogP contribution < -0.4 is 11.1 Å². The summed E-state index contributed by atoms with van der Waals surface area (Å²) in [6.45, 7) is 8.36. The molecule has 0 saturated carbocycles. The Hall–Kier alpha value is -1.45. The van der Waals surface area contributed by atoms with Gasteiger partial charge in [0.2, 0.25) is 0 Å². The molecule has 1 unspecified atom stereocenters. The number of anilines is 1. The van der Waals surface area contributed by atoms with E-state index in [2.05, 4.69) is 19.2 Å². The van der Waals surface area contributed by atoms with E-state index in [-0.39, 0.29) is 18.0 Å². The molecule has 0 radical (unpaired) electrons. The molecule has 20 heavy (non-hydrogen) atoms. The van der Waals surface area contributed by atoms with Gasteiger partial charge in [0.15, 0.2) is 0 Å². The second-order valence-electron chi connectivity index (χ2n) is 5.88. The lowest BCUT2D eigenvalue weighted by molar-refractivity contribution is 0.0927. The standard InChI is InChI=1S/C16H29N3O/c1-5-6-7-8-9-13(4)18-16(20)15-10-14(17)11-19(15)12(2)3/h10-13H,5-9,17H2,1-4H3,(H,18,20). The zero-order chi connectivity index (χ0) is 15.1. The smallest absolute Gasteiger partial charge is 0.268 e. The molecule has 1 aromatic rings. The lowest BCUT2D eigenvalue weighted by Crippen LogP contribution is -2.34.